The highest BCUT2D eigenvalue weighted by Crippen LogP contribution is 2.21. The van der Waals surface area contributed by atoms with Crippen LogP contribution in [0.1, 0.15) is 30.1 Å². The number of benzene rings is 1. The van der Waals surface area contributed by atoms with E-state index in [1.54, 1.807) is 6.92 Å². The molecule has 1 aromatic rings. The summed E-state index contributed by atoms with van der Waals surface area (Å²) in [7, 11) is 0. The second-order valence-corrected chi connectivity index (χ2v) is 4.14. The van der Waals surface area contributed by atoms with Crippen LogP contribution in [0.3, 0.4) is 0 Å². The van der Waals surface area contributed by atoms with E-state index in [1.807, 2.05) is 24.3 Å². The van der Waals surface area contributed by atoms with Crippen molar-refractivity contribution < 1.29 is 9.53 Å². The third-order valence-corrected chi connectivity index (χ3v) is 2.81. The van der Waals surface area contributed by atoms with Crippen molar-refractivity contribution >= 4 is 5.78 Å². The first kappa shape index (κ1) is 11.1. The molecule has 3 heteroatoms. The standard InChI is InChI=1S/C13H17NO2/c1-10(15)12-6-2-3-7-13(12)16-11-5-4-8-14-9-11/h2-3,6-7,11,14H,4-5,8-9H2,1H3/t11-/m0/s1. The number of para-hydroxylation sites is 1. The SMILES string of the molecule is CC(=O)c1ccccc1O[C@H]1CCCNC1. The monoisotopic (exact) mass is 219 g/mol. The number of carbonyl (C=O) groups excluding carboxylic acids is 1. The minimum atomic E-state index is 0.0550. The number of rotatable bonds is 3. The van der Waals surface area contributed by atoms with Gasteiger partial charge in [0.2, 0.25) is 0 Å². The van der Waals surface area contributed by atoms with Crippen LogP contribution in [-0.2, 0) is 0 Å². The fraction of sp³-hybridized carbons (Fsp3) is 0.462. The third kappa shape index (κ3) is 2.61. The van der Waals surface area contributed by atoms with E-state index < -0.39 is 0 Å². The highest BCUT2D eigenvalue weighted by atomic mass is 16.5. The average Bonchev–Trinajstić information content (AvgIpc) is 2.31. The van der Waals surface area contributed by atoms with Gasteiger partial charge in [0.1, 0.15) is 11.9 Å². The predicted molar refractivity (Wildman–Crippen MR) is 63.0 cm³/mol. The van der Waals surface area contributed by atoms with E-state index in [9.17, 15) is 4.79 Å². The van der Waals surface area contributed by atoms with Crippen LogP contribution in [0.4, 0.5) is 0 Å². The van der Waals surface area contributed by atoms with Gasteiger partial charge in [-0.25, -0.2) is 0 Å². The Hall–Kier alpha value is -1.35. The van der Waals surface area contributed by atoms with E-state index in [0.717, 1.165) is 25.9 Å². The van der Waals surface area contributed by atoms with Crippen LogP contribution in [0.5, 0.6) is 5.75 Å². The molecule has 1 fully saturated rings. The van der Waals surface area contributed by atoms with Crippen molar-refractivity contribution in [2.75, 3.05) is 13.1 Å². The summed E-state index contributed by atoms with van der Waals surface area (Å²) in [5.41, 5.74) is 0.674. The minimum absolute atomic E-state index is 0.0550. The molecule has 0 spiro atoms. The second-order valence-electron chi connectivity index (χ2n) is 4.14. The topological polar surface area (TPSA) is 38.3 Å². The van der Waals surface area contributed by atoms with Crippen LogP contribution in [0, 0.1) is 0 Å². The molecular weight excluding hydrogens is 202 g/mol. The van der Waals surface area contributed by atoms with E-state index in [1.165, 1.54) is 0 Å². The predicted octanol–water partition coefficient (Wildman–Crippen LogP) is 2.02. The molecule has 0 amide bonds. The summed E-state index contributed by atoms with van der Waals surface area (Å²) in [4.78, 5) is 11.4. The molecule has 16 heavy (non-hydrogen) atoms. The number of ether oxygens (including phenoxy) is 1. The Labute approximate surface area is 95.8 Å². The van der Waals surface area contributed by atoms with Crippen LogP contribution < -0.4 is 10.1 Å². The maximum absolute atomic E-state index is 11.4. The molecule has 3 nitrogen and oxygen atoms in total. The van der Waals surface area contributed by atoms with E-state index in [-0.39, 0.29) is 11.9 Å². The molecule has 0 unspecified atom stereocenters. The van der Waals surface area contributed by atoms with Gasteiger partial charge in [-0.1, -0.05) is 12.1 Å². The molecular formula is C13H17NO2. The molecule has 2 rings (SSSR count). The van der Waals surface area contributed by atoms with E-state index in [2.05, 4.69) is 5.32 Å². The van der Waals surface area contributed by atoms with Gasteiger partial charge in [-0.3, -0.25) is 4.79 Å². The minimum Gasteiger partial charge on any atom is -0.488 e. The first-order valence-electron chi connectivity index (χ1n) is 5.74. The van der Waals surface area contributed by atoms with Gasteiger partial charge >= 0.3 is 0 Å². The van der Waals surface area contributed by atoms with Gasteiger partial charge in [-0.05, 0) is 38.4 Å². The molecule has 1 aliphatic heterocycles. The molecule has 1 heterocycles. The van der Waals surface area contributed by atoms with Crippen molar-refractivity contribution in [1.82, 2.24) is 5.32 Å². The average molecular weight is 219 g/mol. The fourth-order valence-corrected chi connectivity index (χ4v) is 1.96. The Morgan fingerprint density at radius 3 is 2.94 bits per heavy atom. The number of ketones is 1. The molecule has 86 valence electrons. The van der Waals surface area contributed by atoms with E-state index in [4.69, 9.17) is 4.74 Å². The Kier molecular flexibility index (Phi) is 3.57. The largest absolute Gasteiger partial charge is 0.488 e. The Bertz CT molecular complexity index is 370. The van der Waals surface area contributed by atoms with Gasteiger partial charge in [0.05, 0.1) is 5.56 Å². The van der Waals surface area contributed by atoms with Gasteiger partial charge < -0.3 is 10.1 Å². The third-order valence-electron chi connectivity index (χ3n) is 2.81. The number of piperidine rings is 1. The zero-order chi connectivity index (χ0) is 11.4. The van der Waals surface area contributed by atoms with Crippen molar-refractivity contribution in [3.8, 4) is 5.75 Å². The van der Waals surface area contributed by atoms with Gasteiger partial charge in [-0.2, -0.15) is 0 Å². The summed E-state index contributed by atoms with van der Waals surface area (Å²) in [5.74, 6) is 0.767. The maximum atomic E-state index is 11.4. The van der Waals surface area contributed by atoms with Crippen molar-refractivity contribution in [3.63, 3.8) is 0 Å². The van der Waals surface area contributed by atoms with Gasteiger partial charge in [-0.15, -0.1) is 0 Å². The first-order valence-corrected chi connectivity index (χ1v) is 5.74. The van der Waals surface area contributed by atoms with Gasteiger partial charge in [0.25, 0.3) is 0 Å². The van der Waals surface area contributed by atoms with Crippen LogP contribution in [-0.4, -0.2) is 25.0 Å². The molecule has 0 bridgehead atoms. The fourth-order valence-electron chi connectivity index (χ4n) is 1.96. The van der Waals surface area contributed by atoms with Crippen LogP contribution in [0.2, 0.25) is 0 Å². The maximum Gasteiger partial charge on any atom is 0.163 e. The molecule has 0 saturated carbocycles. The van der Waals surface area contributed by atoms with E-state index in [0.29, 0.717) is 11.3 Å². The highest BCUT2D eigenvalue weighted by molar-refractivity contribution is 5.96. The normalized spacial score (nSPS) is 20.4. The zero-order valence-corrected chi connectivity index (χ0v) is 9.53. The Balaban J connectivity index is 2.10. The molecule has 1 aromatic carbocycles. The summed E-state index contributed by atoms with van der Waals surface area (Å²) >= 11 is 0. The van der Waals surface area contributed by atoms with E-state index >= 15 is 0 Å². The summed E-state index contributed by atoms with van der Waals surface area (Å²) in [6.45, 7) is 3.50. The summed E-state index contributed by atoms with van der Waals surface area (Å²) in [5, 5.41) is 3.29. The summed E-state index contributed by atoms with van der Waals surface area (Å²) < 4.78 is 5.86. The zero-order valence-electron chi connectivity index (χ0n) is 9.53. The van der Waals surface area contributed by atoms with Crippen LogP contribution in [0.15, 0.2) is 24.3 Å². The van der Waals surface area contributed by atoms with Crippen LogP contribution in [0.25, 0.3) is 0 Å². The molecule has 0 aromatic heterocycles. The number of nitrogens with one attached hydrogen (secondary N) is 1. The molecule has 0 aliphatic carbocycles. The molecule has 1 N–H and O–H groups in total. The summed E-state index contributed by atoms with van der Waals surface area (Å²) in [6, 6.07) is 7.44. The van der Waals surface area contributed by atoms with Crippen molar-refractivity contribution in [2.24, 2.45) is 0 Å². The van der Waals surface area contributed by atoms with Gasteiger partial charge in [0, 0.05) is 6.54 Å². The molecule has 0 radical (unpaired) electrons. The van der Waals surface area contributed by atoms with Crippen molar-refractivity contribution in [3.05, 3.63) is 29.8 Å². The van der Waals surface area contributed by atoms with Crippen molar-refractivity contribution in [1.29, 1.82) is 0 Å². The number of hydrogen-bond acceptors (Lipinski definition) is 3. The Morgan fingerprint density at radius 1 is 1.44 bits per heavy atom. The molecule has 1 aliphatic rings. The lowest BCUT2D eigenvalue weighted by Gasteiger charge is -2.24. The quantitative estimate of drug-likeness (QED) is 0.790. The van der Waals surface area contributed by atoms with Crippen LogP contribution >= 0.6 is 0 Å². The second kappa shape index (κ2) is 5.12. The molecule has 1 saturated heterocycles. The van der Waals surface area contributed by atoms with Gasteiger partial charge in [0.15, 0.2) is 5.78 Å². The lowest BCUT2D eigenvalue weighted by molar-refractivity contribution is 0.100. The Morgan fingerprint density at radius 2 is 2.25 bits per heavy atom. The first-order chi connectivity index (χ1) is 7.77. The number of hydrogen-bond donors (Lipinski definition) is 1. The lowest BCUT2D eigenvalue weighted by Crippen LogP contribution is -2.37. The lowest BCUT2D eigenvalue weighted by atomic mass is 10.1. The highest BCUT2D eigenvalue weighted by Gasteiger charge is 2.16. The molecule has 1 atom stereocenters. The van der Waals surface area contributed by atoms with Crippen molar-refractivity contribution in [2.45, 2.75) is 25.9 Å². The number of carbonyl (C=O) groups is 1. The summed E-state index contributed by atoms with van der Waals surface area (Å²) in [6.07, 6.45) is 2.38. The smallest absolute Gasteiger partial charge is 0.163 e. The number of Topliss-reactive ketones (excluding diaryl/α,β-unsaturated/α-hetero) is 1.